The molecule has 0 fully saturated rings. The fourth-order valence-electron chi connectivity index (χ4n) is 2.00. The van der Waals surface area contributed by atoms with E-state index in [9.17, 15) is 13.9 Å². The Bertz CT molecular complexity index is 621. The summed E-state index contributed by atoms with van der Waals surface area (Å²) < 4.78 is 28.8. The number of nitrogens with one attached hydrogen (secondary N) is 1. The van der Waals surface area contributed by atoms with E-state index >= 15 is 0 Å². The van der Waals surface area contributed by atoms with Gasteiger partial charge in [-0.05, 0) is 68.6 Å². The van der Waals surface area contributed by atoms with Crippen LogP contribution in [-0.4, -0.2) is 11.7 Å². The Labute approximate surface area is 138 Å². The minimum atomic E-state index is -1.29. The van der Waals surface area contributed by atoms with Crippen molar-refractivity contribution >= 4 is 37.5 Å². The SMILES string of the molecule is Cc1cc(Br)c(NCC(O)c2c(F)cccc2F)c(Br)c1. The van der Waals surface area contributed by atoms with E-state index in [-0.39, 0.29) is 12.1 Å². The van der Waals surface area contributed by atoms with E-state index in [1.165, 1.54) is 6.07 Å². The van der Waals surface area contributed by atoms with Crippen LogP contribution in [0.3, 0.4) is 0 Å². The van der Waals surface area contributed by atoms with Crippen molar-refractivity contribution in [3.8, 4) is 0 Å². The first-order valence-electron chi connectivity index (χ1n) is 6.21. The molecule has 2 nitrogen and oxygen atoms in total. The lowest BCUT2D eigenvalue weighted by Gasteiger charge is -2.17. The lowest BCUT2D eigenvalue weighted by molar-refractivity contribution is 0.181. The van der Waals surface area contributed by atoms with Crippen molar-refractivity contribution in [1.82, 2.24) is 0 Å². The van der Waals surface area contributed by atoms with Crippen molar-refractivity contribution < 1.29 is 13.9 Å². The van der Waals surface area contributed by atoms with Gasteiger partial charge < -0.3 is 10.4 Å². The smallest absolute Gasteiger partial charge is 0.132 e. The van der Waals surface area contributed by atoms with E-state index in [1.54, 1.807) is 0 Å². The molecule has 0 aliphatic rings. The minimum absolute atomic E-state index is 0.0158. The highest BCUT2D eigenvalue weighted by Gasteiger charge is 2.18. The molecule has 0 aliphatic heterocycles. The first-order chi connectivity index (χ1) is 9.90. The van der Waals surface area contributed by atoms with Crippen LogP contribution in [0.5, 0.6) is 0 Å². The van der Waals surface area contributed by atoms with Crippen molar-refractivity contribution in [3.05, 3.63) is 62.0 Å². The average Bonchev–Trinajstić information content (AvgIpc) is 2.37. The molecular weight excluding hydrogens is 408 g/mol. The van der Waals surface area contributed by atoms with Gasteiger partial charge in [0.05, 0.1) is 11.3 Å². The summed E-state index contributed by atoms with van der Waals surface area (Å²) in [7, 11) is 0. The number of aryl methyl sites for hydroxylation is 1. The Morgan fingerprint density at radius 1 is 1.14 bits per heavy atom. The molecule has 0 saturated carbocycles. The molecule has 0 amide bonds. The molecule has 0 radical (unpaired) electrons. The van der Waals surface area contributed by atoms with Crippen LogP contribution in [0.15, 0.2) is 39.3 Å². The fourth-order valence-corrected chi connectivity index (χ4v) is 3.69. The summed E-state index contributed by atoms with van der Waals surface area (Å²) in [5.41, 5.74) is 1.45. The first-order valence-corrected chi connectivity index (χ1v) is 7.80. The largest absolute Gasteiger partial charge is 0.386 e. The second-order valence-corrected chi connectivity index (χ2v) is 6.34. The van der Waals surface area contributed by atoms with E-state index < -0.39 is 17.7 Å². The van der Waals surface area contributed by atoms with Gasteiger partial charge in [-0.1, -0.05) is 6.07 Å². The molecule has 0 bridgehead atoms. The molecule has 112 valence electrons. The van der Waals surface area contributed by atoms with Gasteiger partial charge in [-0.25, -0.2) is 8.78 Å². The number of hydrogen-bond donors (Lipinski definition) is 2. The van der Waals surface area contributed by atoms with Crippen LogP contribution in [0.1, 0.15) is 17.2 Å². The van der Waals surface area contributed by atoms with Gasteiger partial charge in [0, 0.05) is 15.5 Å². The highest BCUT2D eigenvalue weighted by atomic mass is 79.9. The summed E-state index contributed by atoms with van der Waals surface area (Å²) in [5.74, 6) is -1.52. The molecule has 2 N–H and O–H groups in total. The number of halogens is 4. The normalized spacial score (nSPS) is 12.3. The lowest BCUT2D eigenvalue weighted by atomic mass is 10.1. The third kappa shape index (κ3) is 3.81. The number of benzene rings is 2. The van der Waals surface area contributed by atoms with Gasteiger partial charge in [0.1, 0.15) is 17.7 Å². The van der Waals surface area contributed by atoms with E-state index in [0.29, 0.717) is 0 Å². The van der Waals surface area contributed by atoms with Crippen molar-refractivity contribution in [3.63, 3.8) is 0 Å². The molecule has 0 heterocycles. The molecule has 6 heteroatoms. The Morgan fingerprint density at radius 3 is 2.19 bits per heavy atom. The van der Waals surface area contributed by atoms with Gasteiger partial charge in [0.15, 0.2) is 0 Å². The minimum Gasteiger partial charge on any atom is -0.386 e. The van der Waals surface area contributed by atoms with E-state index in [1.807, 2.05) is 19.1 Å². The maximum absolute atomic E-state index is 13.6. The maximum Gasteiger partial charge on any atom is 0.132 e. The quantitative estimate of drug-likeness (QED) is 0.733. The molecular formula is C15H13Br2F2NO. The zero-order valence-corrected chi connectivity index (χ0v) is 14.3. The zero-order chi connectivity index (χ0) is 15.6. The van der Waals surface area contributed by atoms with Crippen LogP contribution in [0, 0.1) is 18.6 Å². The van der Waals surface area contributed by atoms with Crippen molar-refractivity contribution in [1.29, 1.82) is 0 Å². The van der Waals surface area contributed by atoms with Crippen LogP contribution in [-0.2, 0) is 0 Å². The molecule has 2 aromatic carbocycles. The number of rotatable bonds is 4. The Kier molecular flexibility index (Phi) is 5.35. The van der Waals surface area contributed by atoms with E-state index in [0.717, 1.165) is 32.3 Å². The van der Waals surface area contributed by atoms with Gasteiger partial charge in [0.2, 0.25) is 0 Å². The summed E-state index contributed by atoms with van der Waals surface area (Å²) in [4.78, 5) is 0. The predicted octanol–water partition coefficient (Wildman–Crippen LogP) is 4.94. The standard InChI is InChI=1S/C15H13Br2F2NO/c1-8-5-9(16)15(10(17)6-8)20-7-13(21)14-11(18)3-2-4-12(14)19/h2-6,13,20-21H,7H2,1H3. The van der Waals surface area contributed by atoms with Gasteiger partial charge in [-0.15, -0.1) is 0 Å². The molecule has 2 aromatic rings. The van der Waals surface area contributed by atoms with Crippen molar-refractivity contribution in [2.75, 3.05) is 11.9 Å². The molecule has 0 aliphatic carbocycles. The van der Waals surface area contributed by atoms with Gasteiger partial charge in [0.25, 0.3) is 0 Å². The van der Waals surface area contributed by atoms with Crippen LogP contribution in [0.25, 0.3) is 0 Å². The van der Waals surface area contributed by atoms with Crippen molar-refractivity contribution in [2.45, 2.75) is 13.0 Å². The fraction of sp³-hybridized carbons (Fsp3) is 0.200. The second kappa shape index (κ2) is 6.85. The van der Waals surface area contributed by atoms with Crippen LogP contribution in [0.4, 0.5) is 14.5 Å². The maximum atomic E-state index is 13.6. The number of aliphatic hydroxyl groups is 1. The molecule has 1 unspecified atom stereocenters. The highest BCUT2D eigenvalue weighted by Crippen LogP contribution is 2.33. The molecule has 2 rings (SSSR count). The van der Waals surface area contributed by atoms with E-state index in [4.69, 9.17) is 0 Å². The predicted molar refractivity (Wildman–Crippen MR) is 86.4 cm³/mol. The summed E-state index contributed by atoms with van der Waals surface area (Å²) in [5, 5.41) is 13.0. The first kappa shape index (κ1) is 16.4. The molecule has 0 aromatic heterocycles. The lowest BCUT2D eigenvalue weighted by Crippen LogP contribution is -2.15. The molecule has 1 atom stereocenters. The summed E-state index contributed by atoms with van der Waals surface area (Å²) >= 11 is 6.82. The monoisotopic (exact) mass is 419 g/mol. The summed E-state index contributed by atoms with van der Waals surface area (Å²) in [6.45, 7) is 1.93. The van der Waals surface area contributed by atoms with Crippen LogP contribution >= 0.6 is 31.9 Å². The summed E-state index contributed by atoms with van der Waals surface area (Å²) in [6.07, 6.45) is -1.29. The number of anilines is 1. The third-order valence-corrected chi connectivity index (χ3v) is 4.24. The molecule has 21 heavy (non-hydrogen) atoms. The van der Waals surface area contributed by atoms with Crippen LogP contribution in [0.2, 0.25) is 0 Å². The van der Waals surface area contributed by atoms with Gasteiger partial charge >= 0.3 is 0 Å². The van der Waals surface area contributed by atoms with Crippen molar-refractivity contribution in [2.24, 2.45) is 0 Å². The Morgan fingerprint density at radius 2 is 1.67 bits per heavy atom. The van der Waals surface area contributed by atoms with Gasteiger partial charge in [-0.2, -0.15) is 0 Å². The zero-order valence-electron chi connectivity index (χ0n) is 11.1. The third-order valence-electron chi connectivity index (χ3n) is 2.99. The Balaban J connectivity index is 2.17. The second-order valence-electron chi connectivity index (χ2n) is 4.64. The Hall–Kier alpha value is -0.980. The topological polar surface area (TPSA) is 32.3 Å². The molecule has 0 spiro atoms. The number of hydrogen-bond acceptors (Lipinski definition) is 2. The number of aliphatic hydroxyl groups excluding tert-OH is 1. The van der Waals surface area contributed by atoms with Crippen LogP contribution < -0.4 is 5.32 Å². The van der Waals surface area contributed by atoms with E-state index in [2.05, 4.69) is 37.2 Å². The average molecular weight is 421 g/mol. The summed E-state index contributed by atoms with van der Waals surface area (Å²) in [6, 6.07) is 7.33. The molecule has 0 saturated heterocycles. The van der Waals surface area contributed by atoms with Gasteiger partial charge in [-0.3, -0.25) is 0 Å². The highest BCUT2D eigenvalue weighted by molar-refractivity contribution is 9.11.